The number of carbonyl (C=O) groups excluding carboxylic acids is 2. The summed E-state index contributed by atoms with van der Waals surface area (Å²) in [5, 5.41) is 4.28. The number of hydrogen-bond donors (Lipinski definition) is 1. The number of benzene rings is 3. The van der Waals surface area contributed by atoms with Gasteiger partial charge in [0.2, 0.25) is 10.0 Å². The molecule has 8 heteroatoms. The average Bonchev–Trinajstić information content (AvgIpc) is 2.67. The Labute approximate surface area is 182 Å². The van der Waals surface area contributed by atoms with E-state index in [1.165, 1.54) is 19.1 Å². The van der Waals surface area contributed by atoms with Gasteiger partial charge in [-0.25, -0.2) is 0 Å². The van der Waals surface area contributed by atoms with E-state index in [9.17, 15) is 9.59 Å². The number of amides is 1. The van der Waals surface area contributed by atoms with Crippen molar-refractivity contribution in [2.24, 2.45) is 0 Å². The summed E-state index contributed by atoms with van der Waals surface area (Å²) in [5.41, 5.74) is 0.100. The molecule has 0 aliphatic carbocycles. The van der Waals surface area contributed by atoms with Crippen molar-refractivity contribution in [2.45, 2.75) is 16.9 Å². The van der Waals surface area contributed by atoms with Crippen LogP contribution in [0.2, 0.25) is 0 Å². The summed E-state index contributed by atoms with van der Waals surface area (Å²) >= 11 is 18.2. The van der Waals surface area contributed by atoms with Crippen molar-refractivity contribution in [3.8, 4) is 11.5 Å². The number of fused-ring (bicyclic) bond motifs is 1. The van der Waals surface area contributed by atoms with Gasteiger partial charge in [0.1, 0.15) is 11.5 Å². The van der Waals surface area contributed by atoms with E-state index in [-0.39, 0.29) is 11.3 Å². The van der Waals surface area contributed by atoms with Crippen LogP contribution < -0.4 is 14.8 Å². The molecule has 0 radical (unpaired) electrons. The smallest absolute Gasteiger partial charge is 0.308 e. The van der Waals surface area contributed by atoms with Gasteiger partial charge in [0.05, 0.1) is 5.56 Å². The molecule has 29 heavy (non-hydrogen) atoms. The number of carbonyl (C=O) groups is 2. The van der Waals surface area contributed by atoms with Crippen molar-refractivity contribution in [2.75, 3.05) is 0 Å². The zero-order chi connectivity index (χ0) is 21.0. The standard InChI is InChI=1S/C21H16Cl3NO4/c1-13(26)28-18-11-5-4-10-16(18)19(27)25-20(21(22,23)24)29-17-12-6-8-14-7-2-3-9-15(14)17/h2-12,20H,1H3,(H,25,27). The molecule has 1 N–H and O–H groups in total. The zero-order valence-corrected chi connectivity index (χ0v) is 17.5. The number of ether oxygens (including phenoxy) is 2. The van der Waals surface area contributed by atoms with Crippen LogP contribution in [0.25, 0.3) is 10.8 Å². The van der Waals surface area contributed by atoms with Crippen molar-refractivity contribution in [3.05, 3.63) is 72.3 Å². The highest BCUT2D eigenvalue weighted by molar-refractivity contribution is 6.68. The fourth-order valence-corrected chi connectivity index (χ4v) is 3.00. The Balaban J connectivity index is 1.89. The van der Waals surface area contributed by atoms with Crippen molar-refractivity contribution in [3.63, 3.8) is 0 Å². The van der Waals surface area contributed by atoms with E-state index in [0.717, 1.165) is 10.8 Å². The third-order valence-electron chi connectivity index (χ3n) is 3.94. The lowest BCUT2D eigenvalue weighted by molar-refractivity contribution is -0.131. The largest absolute Gasteiger partial charge is 0.465 e. The highest BCUT2D eigenvalue weighted by atomic mass is 35.6. The van der Waals surface area contributed by atoms with Crippen molar-refractivity contribution >= 4 is 57.5 Å². The molecular weight excluding hydrogens is 437 g/mol. The monoisotopic (exact) mass is 451 g/mol. The summed E-state index contributed by atoms with van der Waals surface area (Å²) < 4.78 is 8.97. The van der Waals surface area contributed by atoms with Crippen LogP contribution >= 0.6 is 34.8 Å². The predicted octanol–water partition coefficient (Wildman–Crippen LogP) is 5.27. The lowest BCUT2D eigenvalue weighted by atomic mass is 10.1. The van der Waals surface area contributed by atoms with Crippen LogP contribution in [0.3, 0.4) is 0 Å². The molecule has 0 fully saturated rings. The molecule has 3 rings (SSSR count). The molecule has 0 aromatic heterocycles. The molecule has 0 aliphatic rings. The Morgan fingerprint density at radius 1 is 0.897 bits per heavy atom. The molecule has 0 aliphatic heterocycles. The minimum atomic E-state index is -1.97. The molecule has 0 bridgehead atoms. The predicted molar refractivity (Wildman–Crippen MR) is 114 cm³/mol. The first-order valence-corrected chi connectivity index (χ1v) is 9.68. The molecule has 3 aromatic carbocycles. The van der Waals surface area contributed by atoms with E-state index in [1.54, 1.807) is 24.3 Å². The first-order chi connectivity index (χ1) is 13.8. The van der Waals surface area contributed by atoms with Crippen LogP contribution in [0, 0.1) is 0 Å². The summed E-state index contributed by atoms with van der Waals surface area (Å²) in [6, 6.07) is 19.2. The van der Waals surface area contributed by atoms with Crippen LogP contribution in [-0.4, -0.2) is 21.9 Å². The lowest BCUT2D eigenvalue weighted by Gasteiger charge is -2.27. The molecule has 1 amide bonds. The van der Waals surface area contributed by atoms with Crippen molar-refractivity contribution in [1.29, 1.82) is 0 Å². The summed E-state index contributed by atoms with van der Waals surface area (Å²) in [7, 11) is 0. The van der Waals surface area contributed by atoms with Crippen LogP contribution in [0.1, 0.15) is 17.3 Å². The third kappa shape index (κ3) is 5.32. The Bertz CT molecular complexity index is 1040. The van der Waals surface area contributed by atoms with Crippen LogP contribution in [0.15, 0.2) is 66.7 Å². The van der Waals surface area contributed by atoms with Gasteiger partial charge in [-0.15, -0.1) is 0 Å². The van der Waals surface area contributed by atoms with Gasteiger partial charge in [-0.1, -0.05) is 83.3 Å². The van der Waals surface area contributed by atoms with Gasteiger partial charge in [-0.2, -0.15) is 0 Å². The van der Waals surface area contributed by atoms with E-state index in [2.05, 4.69) is 5.32 Å². The van der Waals surface area contributed by atoms with Crippen LogP contribution in [0.5, 0.6) is 11.5 Å². The lowest BCUT2D eigenvalue weighted by Crippen LogP contribution is -2.48. The maximum absolute atomic E-state index is 12.8. The SMILES string of the molecule is CC(=O)Oc1ccccc1C(=O)NC(Oc1cccc2ccccc12)C(Cl)(Cl)Cl. The molecular formula is C21H16Cl3NO4. The second-order valence-electron chi connectivity index (χ2n) is 6.08. The molecule has 1 atom stereocenters. The minimum absolute atomic E-state index is 0.0886. The van der Waals surface area contributed by atoms with E-state index >= 15 is 0 Å². The van der Waals surface area contributed by atoms with Gasteiger partial charge in [0.15, 0.2) is 0 Å². The van der Waals surface area contributed by atoms with E-state index in [0.29, 0.717) is 5.75 Å². The summed E-state index contributed by atoms with van der Waals surface area (Å²) in [6.07, 6.45) is -1.31. The molecule has 0 saturated carbocycles. The second-order valence-corrected chi connectivity index (χ2v) is 8.45. The number of rotatable bonds is 5. The zero-order valence-electron chi connectivity index (χ0n) is 15.2. The third-order valence-corrected chi connectivity index (χ3v) is 4.53. The summed E-state index contributed by atoms with van der Waals surface area (Å²) in [5.74, 6) is -0.660. The van der Waals surface area contributed by atoms with Gasteiger partial charge in [-0.3, -0.25) is 9.59 Å². The maximum atomic E-state index is 12.8. The quantitative estimate of drug-likeness (QED) is 0.248. The summed E-state index contributed by atoms with van der Waals surface area (Å²) in [6.45, 7) is 1.24. The molecule has 0 saturated heterocycles. The van der Waals surface area contributed by atoms with Gasteiger partial charge in [-0.05, 0) is 23.6 Å². The fourth-order valence-electron chi connectivity index (χ4n) is 2.70. The van der Waals surface area contributed by atoms with Gasteiger partial charge in [0, 0.05) is 12.3 Å². The average molecular weight is 453 g/mol. The number of para-hydroxylation sites is 1. The number of halogens is 3. The molecule has 0 heterocycles. The number of alkyl halides is 3. The molecule has 1 unspecified atom stereocenters. The van der Waals surface area contributed by atoms with Crippen molar-refractivity contribution < 1.29 is 19.1 Å². The fraction of sp³-hybridized carbons (Fsp3) is 0.143. The number of esters is 1. The van der Waals surface area contributed by atoms with Gasteiger partial charge < -0.3 is 14.8 Å². The van der Waals surface area contributed by atoms with Crippen LogP contribution in [-0.2, 0) is 4.79 Å². The normalized spacial score (nSPS) is 12.3. The second kappa shape index (κ2) is 8.91. The first-order valence-electron chi connectivity index (χ1n) is 8.55. The minimum Gasteiger partial charge on any atom is -0.465 e. The molecule has 5 nitrogen and oxygen atoms in total. The Morgan fingerprint density at radius 3 is 2.24 bits per heavy atom. The molecule has 150 valence electrons. The highest BCUT2D eigenvalue weighted by Gasteiger charge is 2.37. The topological polar surface area (TPSA) is 64.6 Å². The Morgan fingerprint density at radius 2 is 1.52 bits per heavy atom. The van der Waals surface area contributed by atoms with Crippen molar-refractivity contribution in [1.82, 2.24) is 5.32 Å². The molecule has 0 spiro atoms. The maximum Gasteiger partial charge on any atom is 0.308 e. The van der Waals surface area contributed by atoms with E-state index in [4.69, 9.17) is 44.3 Å². The molecule has 3 aromatic rings. The van der Waals surface area contributed by atoms with Gasteiger partial charge >= 0.3 is 5.97 Å². The summed E-state index contributed by atoms with van der Waals surface area (Å²) in [4.78, 5) is 24.1. The van der Waals surface area contributed by atoms with Gasteiger partial charge in [0.25, 0.3) is 5.91 Å². The first kappa shape index (κ1) is 21.2. The van der Waals surface area contributed by atoms with Crippen LogP contribution in [0.4, 0.5) is 0 Å². The number of nitrogens with one attached hydrogen (secondary N) is 1. The Hall–Kier alpha value is -2.47. The Kier molecular flexibility index (Phi) is 6.52. The van der Waals surface area contributed by atoms with E-state index in [1.807, 2.05) is 30.3 Å². The number of hydrogen-bond acceptors (Lipinski definition) is 4. The highest BCUT2D eigenvalue weighted by Crippen LogP contribution is 2.34. The van der Waals surface area contributed by atoms with E-state index < -0.39 is 21.9 Å².